The Morgan fingerprint density at radius 3 is 1.26 bits per heavy atom. The van der Waals surface area contributed by atoms with E-state index in [0.29, 0.717) is 0 Å². The Balaban J connectivity index is 3.65. The Bertz CT molecular complexity index is 294. The van der Waals surface area contributed by atoms with Gasteiger partial charge >= 0.3 is 0 Å². The molecule has 0 saturated carbocycles. The molecule has 1 unspecified atom stereocenters. The number of hydrogen-bond acceptors (Lipinski definition) is 0. The van der Waals surface area contributed by atoms with Crippen LogP contribution in [0.2, 0.25) is 0 Å². The van der Waals surface area contributed by atoms with Gasteiger partial charge in [-0.3, -0.25) is 0 Å². The van der Waals surface area contributed by atoms with Crippen molar-refractivity contribution in [2.75, 3.05) is 0 Å². The van der Waals surface area contributed by atoms with E-state index < -0.39 is 0 Å². The molecule has 0 rings (SSSR count). The molecule has 0 saturated heterocycles. The van der Waals surface area contributed by atoms with Crippen LogP contribution in [-0.2, 0) is 0 Å². The van der Waals surface area contributed by atoms with Crippen LogP contribution in [0.25, 0.3) is 0 Å². The van der Waals surface area contributed by atoms with Crippen LogP contribution in [0, 0.1) is 29.6 Å². The Morgan fingerprint density at radius 1 is 0.370 bits per heavy atom. The van der Waals surface area contributed by atoms with Crippen molar-refractivity contribution in [2.24, 2.45) is 29.6 Å². The molecule has 0 amide bonds. The molecule has 0 aliphatic heterocycles. The third kappa shape index (κ3) is 17.8. The van der Waals surface area contributed by atoms with Crippen molar-refractivity contribution < 1.29 is 0 Å². The molecule has 0 aromatic carbocycles. The summed E-state index contributed by atoms with van der Waals surface area (Å²) >= 11 is 0. The van der Waals surface area contributed by atoms with Gasteiger partial charge in [-0.15, -0.1) is 0 Å². The standard InChI is InChI=1S/C27H56/c1-8-10-11-13-17-23(3)18-14-12-15-19-25(5)21-27(7)22-26(6)20-24(4)16-9-2/h23-27H,8-22H2,1-7H3/t23?,24-,25+,26+,27+/m1/s1. The van der Waals surface area contributed by atoms with Crippen molar-refractivity contribution in [3.63, 3.8) is 0 Å². The second kappa shape index (κ2) is 18.1. The van der Waals surface area contributed by atoms with E-state index in [1.165, 1.54) is 96.3 Å². The molecule has 27 heavy (non-hydrogen) atoms. The van der Waals surface area contributed by atoms with E-state index in [1.54, 1.807) is 0 Å². The molecule has 5 atom stereocenters. The molecular weight excluding hydrogens is 324 g/mol. The first-order valence-corrected chi connectivity index (χ1v) is 12.9. The van der Waals surface area contributed by atoms with Crippen LogP contribution in [-0.4, -0.2) is 0 Å². The molecule has 164 valence electrons. The zero-order chi connectivity index (χ0) is 20.5. The molecule has 0 nitrogen and oxygen atoms in total. The Labute approximate surface area is 174 Å². The van der Waals surface area contributed by atoms with Gasteiger partial charge in [-0.05, 0) is 48.9 Å². The van der Waals surface area contributed by atoms with Gasteiger partial charge in [0.05, 0.1) is 0 Å². The molecular formula is C27H56. The van der Waals surface area contributed by atoms with Crippen molar-refractivity contribution in [1.82, 2.24) is 0 Å². The lowest BCUT2D eigenvalue weighted by atomic mass is 9.83. The van der Waals surface area contributed by atoms with Crippen molar-refractivity contribution >= 4 is 0 Å². The second-order valence-corrected chi connectivity index (χ2v) is 10.5. The topological polar surface area (TPSA) is 0 Å². The average Bonchev–Trinajstić information content (AvgIpc) is 2.58. The van der Waals surface area contributed by atoms with E-state index in [2.05, 4.69) is 48.5 Å². The summed E-state index contributed by atoms with van der Waals surface area (Å²) in [5, 5.41) is 0. The lowest BCUT2D eigenvalue weighted by Crippen LogP contribution is -2.10. The fourth-order valence-corrected chi connectivity index (χ4v) is 5.21. The first-order valence-electron chi connectivity index (χ1n) is 12.9. The van der Waals surface area contributed by atoms with Crippen LogP contribution in [0.4, 0.5) is 0 Å². The average molecular weight is 381 g/mol. The summed E-state index contributed by atoms with van der Waals surface area (Å²) in [6.45, 7) is 17.0. The van der Waals surface area contributed by atoms with Crippen LogP contribution in [0.15, 0.2) is 0 Å². The molecule has 0 bridgehead atoms. The molecule has 0 heteroatoms. The van der Waals surface area contributed by atoms with Gasteiger partial charge in [-0.2, -0.15) is 0 Å². The molecule has 0 heterocycles. The normalized spacial score (nSPS) is 17.4. The predicted octanol–water partition coefficient (Wildman–Crippen LogP) is 10.1. The molecule has 0 aromatic heterocycles. The van der Waals surface area contributed by atoms with E-state index in [9.17, 15) is 0 Å². The fourth-order valence-electron chi connectivity index (χ4n) is 5.21. The van der Waals surface area contributed by atoms with E-state index in [-0.39, 0.29) is 0 Å². The Morgan fingerprint density at radius 2 is 0.778 bits per heavy atom. The number of unbranched alkanes of at least 4 members (excludes halogenated alkanes) is 5. The highest BCUT2D eigenvalue weighted by atomic mass is 14.2. The van der Waals surface area contributed by atoms with Crippen LogP contribution < -0.4 is 0 Å². The first-order chi connectivity index (χ1) is 12.9. The third-order valence-corrected chi connectivity index (χ3v) is 6.64. The highest BCUT2D eigenvalue weighted by molar-refractivity contribution is 4.66. The smallest absolute Gasteiger partial charge is 0.0438 e. The van der Waals surface area contributed by atoms with Crippen molar-refractivity contribution in [3.8, 4) is 0 Å². The lowest BCUT2D eigenvalue weighted by Gasteiger charge is -2.23. The fraction of sp³-hybridized carbons (Fsp3) is 1.00. The lowest BCUT2D eigenvalue weighted by molar-refractivity contribution is 0.293. The second-order valence-electron chi connectivity index (χ2n) is 10.5. The summed E-state index contributed by atoms with van der Waals surface area (Å²) in [7, 11) is 0. The van der Waals surface area contributed by atoms with Crippen LogP contribution >= 0.6 is 0 Å². The van der Waals surface area contributed by atoms with E-state index in [1.807, 2.05) is 0 Å². The van der Waals surface area contributed by atoms with Gasteiger partial charge in [0.1, 0.15) is 0 Å². The first kappa shape index (κ1) is 27.0. The highest BCUT2D eigenvalue weighted by Gasteiger charge is 2.14. The van der Waals surface area contributed by atoms with Gasteiger partial charge in [0.2, 0.25) is 0 Å². The summed E-state index contributed by atoms with van der Waals surface area (Å²) in [6.07, 6.45) is 21.5. The third-order valence-electron chi connectivity index (χ3n) is 6.64. The Hall–Kier alpha value is 0. The maximum Gasteiger partial charge on any atom is -0.0438 e. The quantitative estimate of drug-likeness (QED) is 0.195. The van der Waals surface area contributed by atoms with Crippen molar-refractivity contribution in [3.05, 3.63) is 0 Å². The minimum atomic E-state index is 0.909. The van der Waals surface area contributed by atoms with E-state index >= 15 is 0 Å². The molecule has 0 aromatic rings. The maximum absolute atomic E-state index is 2.50. The van der Waals surface area contributed by atoms with Crippen LogP contribution in [0.3, 0.4) is 0 Å². The zero-order valence-electron chi connectivity index (χ0n) is 20.5. The molecule has 0 fully saturated rings. The summed E-state index contributed by atoms with van der Waals surface area (Å²) in [6, 6.07) is 0. The van der Waals surface area contributed by atoms with Gasteiger partial charge in [0.15, 0.2) is 0 Å². The summed E-state index contributed by atoms with van der Waals surface area (Å²) in [4.78, 5) is 0. The maximum atomic E-state index is 2.50. The monoisotopic (exact) mass is 380 g/mol. The van der Waals surface area contributed by atoms with Gasteiger partial charge in [0, 0.05) is 0 Å². The summed E-state index contributed by atoms with van der Waals surface area (Å²) < 4.78 is 0. The van der Waals surface area contributed by atoms with Crippen molar-refractivity contribution in [1.29, 1.82) is 0 Å². The number of rotatable bonds is 19. The van der Waals surface area contributed by atoms with Gasteiger partial charge in [-0.25, -0.2) is 0 Å². The predicted molar refractivity (Wildman–Crippen MR) is 126 cm³/mol. The number of hydrogen-bond donors (Lipinski definition) is 0. The van der Waals surface area contributed by atoms with Gasteiger partial charge in [-0.1, -0.05) is 126 Å². The molecule has 0 radical (unpaired) electrons. The minimum absolute atomic E-state index is 0.909. The van der Waals surface area contributed by atoms with Gasteiger partial charge in [0.25, 0.3) is 0 Å². The van der Waals surface area contributed by atoms with E-state index in [4.69, 9.17) is 0 Å². The van der Waals surface area contributed by atoms with Crippen LogP contribution in [0.5, 0.6) is 0 Å². The molecule has 0 N–H and O–H groups in total. The highest BCUT2D eigenvalue weighted by Crippen LogP contribution is 2.27. The zero-order valence-corrected chi connectivity index (χ0v) is 20.5. The van der Waals surface area contributed by atoms with Crippen LogP contribution in [0.1, 0.15) is 145 Å². The SMILES string of the molecule is CCCCCCC(C)CCCCC[C@H](C)C[C@H](C)C[C@@H](C)C[C@H](C)CCC. The largest absolute Gasteiger partial charge is 0.0654 e. The van der Waals surface area contributed by atoms with Gasteiger partial charge < -0.3 is 0 Å². The Kier molecular flexibility index (Phi) is 18.1. The molecule has 0 spiro atoms. The molecule has 0 aliphatic carbocycles. The van der Waals surface area contributed by atoms with E-state index in [0.717, 1.165) is 29.6 Å². The summed E-state index contributed by atoms with van der Waals surface area (Å²) in [5.41, 5.74) is 0. The minimum Gasteiger partial charge on any atom is -0.0654 e. The summed E-state index contributed by atoms with van der Waals surface area (Å²) in [5.74, 6) is 4.62. The van der Waals surface area contributed by atoms with Crippen molar-refractivity contribution in [2.45, 2.75) is 145 Å². The molecule has 0 aliphatic rings.